The number of esters is 1. The van der Waals surface area contributed by atoms with E-state index in [1.807, 2.05) is 75.4 Å². The summed E-state index contributed by atoms with van der Waals surface area (Å²) in [5, 5.41) is 0. The van der Waals surface area contributed by atoms with Gasteiger partial charge in [0.2, 0.25) is 0 Å². The fourth-order valence-corrected chi connectivity index (χ4v) is 2.62. The molecule has 0 radical (unpaired) electrons. The van der Waals surface area contributed by atoms with E-state index in [1.165, 1.54) is 17.5 Å². The number of carbonyl (C=O) groups excluding carboxylic acids is 1. The number of rotatable bonds is 6. The van der Waals surface area contributed by atoms with Crippen LogP contribution < -0.4 is 0 Å². The van der Waals surface area contributed by atoms with Crippen LogP contribution in [0, 0.1) is 12.8 Å². The predicted molar refractivity (Wildman–Crippen MR) is 95.5 cm³/mol. The van der Waals surface area contributed by atoms with Crippen LogP contribution in [0.5, 0.6) is 0 Å². The highest BCUT2D eigenvalue weighted by Crippen LogP contribution is 2.21. The standard InChI is InChI=1S/C19H21NO2S/c1-14(2)18(20-23-17-11-9-15(3)10-12-17)19(21)22-13-16-7-5-4-6-8-16/h4-12,14H,13H2,1-3H3/b20-18+. The van der Waals surface area contributed by atoms with E-state index < -0.39 is 0 Å². The fourth-order valence-electron chi connectivity index (χ4n) is 1.88. The maximum absolute atomic E-state index is 12.3. The van der Waals surface area contributed by atoms with E-state index in [4.69, 9.17) is 4.74 Å². The Balaban J connectivity index is 2.00. The highest BCUT2D eigenvalue weighted by atomic mass is 32.2. The first-order valence-corrected chi connectivity index (χ1v) is 8.36. The Morgan fingerprint density at radius 3 is 2.35 bits per heavy atom. The fraction of sp³-hybridized carbons (Fsp3) is 0.263. The molecule has 0 amide bonds. The smallest absolute Gasteiger partial charge is 0.353 e. The molecule has 2 aromatic carbocycles. The van der Waals surface area contributed by atoms with Gasteiger partial charge in [-0.15, -0.1) is 0 Å². The molecule has 0 bridgehead atoms. The third kappa shape index (κ3) is 5.57. The monoisotopic (exact) mass is 327 g/mol. The van der Waals surface area contributed by atoms with Crippen molar-refractivity contribution in [3.63, 3.8) is 0 Å². The van der Waals surface area contributed by atoms with E-state index in [-0.39, 0.29) is 18.5 Å². The Labute approximate surface area is 141 Å². The summed E-state index contributed by atoms with van der Waals surface area (Å²) in [5.74, 6) is -0.348. The summed E-state index contributed by atoms with van der Waals surface area (Å²) in [4.78, 5) is 13.3. The molecule has 0 fully saturated rings. The summed E-state index contributed by atoms with van der Waals surface area (Å²) in [6, 6.07) is 17.7. The third-order valence-electron chi connectivity index (χ3n) is 3.24. The van der Waals surface area contributed by atoms with Gasteiger partial charge in [-0.1, -0.05) is 61.9 Å². The first kappa shape index (κ1) is 17.3. The van der Waals surface area contributed by atoms with Gasteiger partial charge in [0, 0.05) is 22.8 Å². The Bertz CT molecular complexity index is 664. The Hall–Kier alpha value is -2.07. The van der Waals surface area contributed by atoms with Crippen LogP contribution in [0.2, 0.25) is 0 Å². The first-order chi connectivity index (χ1) is 11.1. The number of ether oxygens (including phenoxy) is 1. The lowest BCUT2D eigenvalue weighted by Crippen LogP contribution is -2.22. The molecule has 0 N–H and O–H groups in total. The van der Waals surface area contributed by atoms with Crippen molar-refractivity contribution in [2.24, 2.45) is 10.3 Å². The summed E-state index contributed by atoms with van der Waals surface area (Å²) in [6.45, 7) is 6.19. The summed E-state index contributed by atoms with van der Waals surface area (Å²) in [6.07, 6.45) is 0. The van der Waals surface area contributed by atoms with Crippen molar-refractivity contribution in [3.05, 3.63) is 65.7 Å². The molecule has 120 valence electrons. The van der Waals surface area contributed by atoms with Gasteiger partial charge < -0.3 is 4.74 Å². The molecule has 0 saturated heterocycles. The van der Waals surface area contributed by atoms with Gasteiger partial charge in [0.1, 0.15) is 12.3 Å². The molecule has 0 heterocycles. The first-order valence-electron chi connectivity index (χ1n) is 7.59. The lowest BCUT2D eigenvalue weighted by molar-refractivity contribution is -0.137. The van der Waals surface area contributed by atoms with E-state index in [9.17, 15) is 4.79 Å². The van der Waals surface area contributed by atoms with Gasteiger partial charge in [-0.25, -0.2) is 9.19 Å². The van der Waals surface area contributed by atoms with E-state index in [1.54, 1.807) is 0 Å². The molecule has 4 heteroatoms. The Morgan fingerprint density at radius 1 is 1.09 bits per heavy atom. The SMILES string of the molecule is Cc1ccc(S/N=C(/C(=O)OCc2ccccc2)C(C)C)cc1. The topological polar surface area (TPSA) is 38.7 Å². The largest absolute Gasteiger partial charge is 0.456 e. The van der Waals surface area contributed by atoms with Crippen molar-refractivity contribution in [2.75, 3.05) is 0 Å². The minimum atomic E-state index is -0.358. The molecule has 0 saturated carbocycles. The normalized spacial score (nSPS) is 11.6. The molecule has 0 aromatic heterocycles. The molecule has 0 spiro atoms. The van der Waals surface area contributed by atoms with Crippen LogP contribution in [0.1, 0.15) is 25.0 Å². The zero-order valence-electron chi connectivity index (χ0n) is 13.7. The van der Waals surface area contributed by atoms with E-state index in [0.29, 0.717) is 5.71 Å². The zero-order valence-corrected chi connectivity index (χ0v) is 14.5. The number of carbonyl (C=O) groups is 1. The van der Waals surface area contributed by atoms with Crippen molar-refractivity contribution < 1.29 is 9.53 Å². The van der Waals surface area contributed by atoms with Crippen LogP contribution in [-0.2, 0) is 16.1 Å². The highest BCUT2D eigenvalue weighted by Gasteiger charge is 2.17. The summed E-state index contributed by atoms with van der Waals surface area (Å²) >= 11 is 1.30. The van der Waals surface area contributed by atoms with Crippen molar-refractivity contribution in [2.45, 2.75) is 32.3 Å². The lowest BCUT2D eigenvalue weighted by atomic mass is 10.1. The molecule has 0 aliphatic carbocycles. The van der Waals surface area contributed by atoms with Crippen LogP contribution in [0.15, 0.2) is 63.9 Å². The van der Waals surface area contributed by atoms with Crippen LogP contribution in [0.25, 0.3) is 0 Å². The molecule has 0 aliphatic rings. The third-order valence-corrected chi connectivity index (χ3v) is 4.01. The maximum Gasteiger partial charge on any atom is 0.353 e. The molecule has 3 nitrogen and oxygen atoms in total. The molecule has 2 aromatic rings. The van der Waals surface area contributed by atoms with Crippen molar-refractivity contribution in [1.82, 2.24) is 0 Å². The average molecular weight is 327 g/mol. The van der Waals surface area contributed by atoms with Crippen molar-refractivity contribution in [1.29, 1.82) is 0 Å². The number of hydrogen-bond acceptors (Lipinski definition) is 4. The second-order valence-corrected chi connectivity index (χ2v) is 6.43. The molecule has 0 atom stereocenters. The predicted octanol–water partition coefficient (Wildman–Crippen LogP) is 4.84. The molecular weight excluding hydrogens is 306 g/mol. The minimum Gasteiger partial charge on any atom is -0.456 e. The van der Waals surface area contributed by atoms with Crippen LogP contribution in [0.3, 0.4) is 0 Å². The summed E-state index contributed by atoms with van der Waals surface area (Å²) in [5.41, 5.74) is 2.62. The molecule has 0 aliphatic heterocycles. The van der Waals surface area contributed by atoms with Gasteiger partial charge in [-0.3, -0.25) is 0 Å². The van der Waals surface area contributed by atoms with E-state index >= 15 is 0 Å². The minimum absolute atomic E-state index is 0.0104. The molecule has 23 heavy (non-hydrogen) atoms. The van der Waals surface area contributed by atoms with Gasteiger partial charge in [0.25, 0.3) is 0 Å². The zero-order chi connectivity index (χ0) is 16.7. The van der Waals surface area contributed by atoms with Gasteiger partial charge in [0.05, 0.1) is 0 Å². The van der Waals surface area contributed by atoms with Crippen LogP contribution in [-0.4, -0.2) is 11.7 Å². The molecule has 2 rings (SSSR count). The second kappa shape index (κ2) is 8.53. The maximum atomic E-state index is 12.3. The number of hydrogen-bond donors (Lipinski definition) is 0. The van der Waals surface area contributed by atoms with Gasteiger partial charge in [0.15, 0.2) is 0 Å². The number of benzene rings is 2. The van der Waals surface area contributed by atoms with Crippen molar-refractivity contribution in [3.8, 4) is 0 Å². The van der Waals surface area contributed by atoms with Gasteiger partial charge >= 0.3 is 5.97 Å². The van der Waals surface area contributed by atoms with Crippen LogP contribution >= 0.6 is 11.9 Å². The quantitative estimate of drug-likeness (QED) is 0.433. The van der Waals surface area contributed by atoms with Gasteiger partial charge in [-0.05, 0) is 24.6 Å². The Kier molecular flexibility index (Phi) is 6.41. The highest BCUT2D eigenvalue weighted by molar-refractivity contribution is 7.98. The van der Waals surface area contributed by atoms with E-state index in [2.05, 4.69) is 4.40 Å². The van der Waals surface area contributed by atoms with Crippen molar-refractivity contribution >= 4 is 23.6 Å². The Morgan fingerprint density at radius 2 is 1.74 bits per heavy atom. The second-order valence-electron chi connectivity index (χ2n) is 5.60. The average Bonchev–Trinajstić information content (AvgIpc) is 2.55. The number of nitrogens with zero attached hydrogens (tertiary/aromatic N) is 1. The van der Waals surface area contributed by atoms with Gasteiger partial charge in [-0.2, -0.15) is 0 Å². The summed E-state index contributed by atoms with van der Waals surface area (Å²) < 4.78 is 9.77. The number of aryl methyl sites for hydroxylation is 1. The molecule has 0 unspecified atom stereocenters. The van der Waals surface area contributed by atoms with Crippen LogP contribution in [0.4, 0.5) is 0 Å². The molecular formula is C19H21NO2S. The van der Waals surface area contributed by atoms with E-state index in [0.717, 1.165) is 10.5 Å². The summed E-state index contributed by atoms with van der Waals surface area (Å²) in [7, 11) is 0. The lowest BCUT2D eigenvalue weighted by Gasteiger charge is -2.10.